The molecule has 74 heavy (non-hydrogen) atoms. The first-order valence-electron chi connectivity index (χ1n) is 25.7. The molecule has 1 atom stereocenters. The van der Waals surface area contributed by atoms with Gasteiger partial charge in [0, 0.05) is 73.7 Å². The van der Waals surface area contributed by atoms with Crippen molar-refractivity contribution in [2.45, 2.75) is 74.8 Å². The highest BCUT2D eigenvalue weighted by molar-refractivity contribution is 6.12. The van der Waals surface area contributed by atoms with E-state index in [9.17, 15) is 0 Å². The zero-order valence-electron chi connectivity index (χ0n) is 44.7. The summed E-state index contributed by atoms with van der Waals surface area (Å²) >= 11 is 0. The minimum absolute atomic E-state index is 0.113. The van der Waals surface area contributed by atoms with Crippen LogP contribution < -0.4 is 19.6 Å². The van der Waals surface area contributed by atoms with E-state index in [4.69, 9.17) is 0 Å². The predicted octanol–water partition coefficient (Wildman–Crippen LogP) is 19.2. The van der Waals surface area contributed by atoms with Crippen molar-refractivity contribution in [3.05, 3.63) is 269 Å². The van der Waals surface area contributed by atoms with Crippen LogP contribution in [0.5, 0.6) is 0 Å². The zero-order chi connectivity index (χ0) is 52.3. The van der Waals surface area contributed by atoms with E-state index in [1.54, 1.807) is 0 Å². The van der Waals surface area contributed by atoms with Gasteiger partial charge in [0.25, 0.3) is 0 Å². The number of hydrogen-bond donors (Lipinski definition) is 0. The van der Waals surface area contributed by atoms with Crippen LogP contribution in [0.15, 0.2) is 219 Å². The van der Waals surface area contributed by atoms with Gasteiger partial charge < -0.3 is 19.6 Å². The van der Waals surface area contributed by atoms with Gasteiger partial charge in [0.15, 0.2) is 5.78 Å². The van der Waals surface area contributed by atoms with Crippen LogP contribution in [0.4, 0.5) is 62.6 Å². The number of nitrogens with zero attached hydrogens (tertiary/aromatic N) is 4. The van der Waals surface area contributed by atoms with Crippen molar-refractivity contribution in [1.82, 2.24) is 0 Å². The van der Waals surface area contributed by atoms with Gasteiger partial charge in [0.2, 0.25) is 0 Å². The van der Waals surface area contributed by atoms with E-state index in [1.165, 1.54) is 5.56 Å². The van der Waals surface area contributed by atoms with Gasteiger partial charge in [-0.1, -0.05) is 144 Å². The summed E-state index contributed by atoms with van der Waals surface area (Å²) in [5.74, 6) is 0.0240. The van der Waals surface area contributed by atoms with E-state index in [1.807, 2.05) is 0 Å². The molecule has 9 aromatic carbocycles. The standard InChI is InChI=1S/C69H68N4O/c1-12-69(11,47(2)3)73(63-39-25-54(10)26-40-63)67-44-56(43-66(46-67)72(61-35-21-52(8)22-36-61)62-37-23-53(9)24-38-62)68(74)55-41-64(70(57-27-13-48(4)14-28-57)58-29-15-49(5)16-30-58)45-65(42-55)71(59-31-17-50(6)18-32-59)60-33-19-51(7)20-34-60/h12-47H,1H2,2-11H3/t69-/m1/s1. The first kappa shape index (κ1) is 50.5. The Bertz CT molecular complexity index is 3140. The number of benzene rings is 9. The molecule has 0 amide bonds. The van der Waals surface area contributed by atoms with Crippen molar-refractivity contribution in [2.24, 2.45) is 5.92 Å². The number of carbonyl (C=O) groups excluding carboxylic acids is 1. The fourth-order valence-electron chi connectivity index (χ4n) is 9.62. The Hall–Kier alpha value is -8.41. The topological polar surface area (TPSA) is 30.0 Å². The van der Waals surface area contributed by atoms with Crippen LogP contribution in [0.2, 0.25) is 0 Å². The molecule has 370 valence electrons. The van der Waals surface area contributed by atoms with Crippen molar-refractivity contribution in [1.29, 1.82) is 0 Å². The number of aryl methyl sites for hydroxylation is 7. The predicted molar refractivity (Wildman–Crippen MR) is 316 cm³/mol. The van der Waals surface area contributed by atoms with Gasteiger partial charge in [-0.2, -0.15) is 0 Å². The molecular formula is C69H68N4O. The molecule has 0 aliphatic heterocycles. The SMILES string of the molecule is C=C[C@](C)(C(C)C)N(c1ccc(C)cc1)c1cc(C(=O)c2cc(N(c3ccc(C)cc3)c3ccc(C)cc3)cc(N(c3ccc(C)cc3)c3ccc(C)cc3)c2)cc(N(c2ccc(C)cc2)c2ccc(C)cc2)c1. The Balaban J connectivity index is 1.35. The third-order valence-corrected chi connectivity index (χ3v) is 14.5. The average molecular weight is 969 g/mol. The van der Waals surface area contributed by atoms with E-state index in [2.05, 4.69) is 308 Å². The van der Waals surface area contributed by atoms with Gasteiger partial charge in [0.05, 0.1) is 5.54 Å². The maximum atomic E-state index is 16.4. The average Bonchev–Trinajstić information content (AvgIpc) is 3.40. The van der Waals surface area contributed by atoms with E-state index >= 15 is 4.79 Å². The Morgan fingerprint density at radius 2 is 0.568 bits per heavy atom. The van der Waals surface area contributed by atoms with Crippen LogP contribution in [-0.2, 0) is 0 Å². The van der Waals surface area contributed by atoms with E-state index in [-0.39, 0.29) is 11.7 Å². The smallest absolute Gasteiger partial charge is 0.193 e. The fourth-order valence-corrected chi connectivity index (χ4v) is 9.62. The molecule has 0 saturated carbocycles. The van der Waals surface area contributed by atoms with Crippen LogP contribution in [0, 0.1) is 54.4 Å². The summed E-state index contributed by atoms with van der Waals surface area (Å²) in [6.07, 6.45) is 2.05. The Morgan fingerprint density at radius 1 is 0.351 bits per heavy atom. The van der Waals surface area contributed by atoms with E-state index in [0.717, 1.165) is 95.9 Å². The first-order chi connectivity index (χ1) is 35.6. The molecule has 0 heterocycles. The summed E-state index contributed by atoms with van der Waals surface area (Å²) in [5, 5.41) is 0. The van der Waals surface area contributed by atoms with Crippen LogP contribution in [-0.4, -0.2) is 11.3 Å². The Labute approximate surface area is 440 Å². The van der Waals surface area contributed by atoms with Gasteiger partial charge >= 0.3 is 0 Å². The molecule has 0 aromatic heterocycles. The van der Waals surface area contributed by atoms with Gasteiger partial charge in [-0.25, -0.2) is 0 Å². The molecule has 0 N–H and O–H groups in total. The lowest BCUT2D eigenvalue weighted by Crippen LogP contribution is -2.46. The van der Waals surface area contributed by atoms with Gasteiger partial charge in [-0.05, 0) is 183 Å². The largest absolute Gasteiger partial charge is 0.332 e. The number of hydrogen-bond acceptors (Lipinski definition) is 5. The second kappa shape index (κ2) is 21.4. The van der Waals surface area contributed by atoms with Crippen LogP contribution >= 0.6 is 0 Å². The summed E-state index contributed by atoms with van der Waals surface area (Å²) in [6.45, 7) is 25.9. The maximum Gasteiger partial charge on any atom is 0.193 e. The first-order valence-corrected chi connectivity index (χ1v) is 25.7. The number of ketones is 1. The second-order valence-corrected chi connectivity index (χ2v) is 20.6. The normalized spacial score (nSPS) is 12.0. The molecule has 9 rings (SSSR count). The molecule has 0 unspecified atom stereocenters. The highest BCUT2D eigenvalue weighted by atomic mass is 16.1. The highest BCUT2D eigenvalue weighted by Gasteiger charge is 2.35. The molecule has 0 bridgehead atoms. The summed E-state index contributed by atoms with van der Waals surface area (Å²) in [6, 6.07) is 73.1. The summed E-state index contributed by atoms with van der Waals surface area (Å²) < 4.78 is 0. The van der Waals surface area contributed by atoms with Crippen molar-refractivity contribution in [2.75, 3.05) is 19.6 Å². The van der Waals surface area contributed by atoms with Gasteiger partial charge in [0.1, 0.15) is 0 Å². The molecule has 5 heteroatoms. The number of rotatable bonds is 16. The molecule has 0 radical (unpaired) electrons. The maximum absolute atomic E-state index is 16.4. The molecule has 5 nitrogen and oxygen atoms in total. The molecule has 9 aromatic rings. The van der Waals surface area contributed by atoms with Crippen molar-refractivity contribution >= 4 is 68.3 Å². The molecule has 0 fully saturated rings. The Kier molecular flexibility index (Phi) is 14.6. The summed E-state index contributed by atoms with van der Waals surface area (Å²) in [4.78, 5) is 25.5. The minimum Gasteiger partial charge on any atom is -0.332 e. The lowest BCUT2D eigenvalue weighted by molar-refractivity contribution is 0.103. The minimum atomic E-state index is -0.564. The molecule has 0 aliphatic rings. The highest BCUT2D eigenvalue weighted by Crippen LogP contribution is 2.46. The zero-order valence-corrected chi connectivity index (χ0v) is 44.7. The lowest BCUT2D eigenvalue weighted by Gasteiger charge is -2.44. The third-order valence-electron chi connectivity index (χ3n) is 14.5. The molecule has 0 spiro atoms. The summed E-state index contributed by atoms with van der Waals surface area (Å²) in [7, 11) is 0. The number of anilines is 11. The van der Waals surface area contributed by atoms with Gasteiger partial charge in [-0.15, -0.1) is 6.58 Å². The lowest BCUT2D eigenvalue weighted by atomic mass is 9.85. The van der Waals surface area contributed by atoms with E-state index < -0.39 is 5.54 Å². The van der Waals surface area contributed by atoms with E-state index in [0.29, 0.717) is 11.1 Å². The van der Waals surface area contributed by atoms with Gasteiger partial charge in [-0.3, -0.25) is 4.79 Å². The quantitative estimate of drug-likeness (QED) is 0.0711. The van der Waals surface area contributed by atoms with Crippen LogP contribution in [0.1, 0.15) is 75.6 Å². The monoisotopic (exact) mass is 969 g/mol. The molecular weight excluding hydrogens is 901 g/mol. The number of carbonyl (C=O) groups is 1. The molecule has 0 saturated heterocycles. The summed E-state index contributed by atoms with van der Waals surface area (Å²) in [5.41, 5.74) is 19.0. The van der Waals surface area contributed by atoms with Crippen LogP contribution in [0.25, 0.3) is 0 Å². The van der Waals surface area contributed by atoms with Crippen molar-refractivity contribution < 1.29 is 4.79 Å². The van der Waals surface area contributed by atoms with Crippen molar-refractivity contribution in [3.63, 3.8) is 0 Å². The van der Waals surface area contributed by atoms with Crippen LogP contribution in [0.3, 0.4) is 0 Å². The Morgan fingerprint density at radius 3 is 0.797 bits per heavy atom. The second-order valence-electron chi connectivity index (χ2n) is 20.6. The molecule has 0 aliphatic carbocycles. The fraction of sp³-hybridized carbons (Fsp3) is 0.174. The van der Waals surface area contributed by atoms with Crippen molar-refractivity contribution in [3.8, 4) is 0 Å². The third kappa shape index (κ3) is 10.7.